The minimum absolute atomic E-state index is 0.148. The summed E-state index contributed by atoms with van der Waals surface area (Å²) in [6.07, 6.45) is 0.148. The molecule has 0 aliphatic heterocycles. The second kappa shape index (κ2) is 5.27. The zero-order valence-corrected chi connectivity index (χ0v) is 11.0. The Balaban J connectivity index is 2.01. The first-order valence-electron chi connectivity index (χ1n) is 5.53. The topological polar surface area (TPSA) is 42.0 Å². The molecule has 0 fully saturated rings. The highest BCUT2D eigenvalue weighted by molar-refractivity contribution is 7.15. The molecular weight excluding hydrogens is 251 g/mol. The largest absolute Gasteiger partial charge is 0.302 e. The van der Waals surface area contributed by atoms with Gasteiger partial charge in [0.05, 0.1) is 12.1 Å². The van der Waals surface area contributed by atoms with E-state index in [1.165, 1.54) is 23.5 Å². The molecule has 5 heteroatoms. The molecule has 0 bridgehead atoms. The number of aryl methyl sites for hydroxylation is 2. The third kappa shape index (κ3) is 3.13. The molecule has 1 N–H and O–H groups in total. The number of hydrogen-bond acceptors (Lipinski definition) is 3. The van der Waals surface area contributed by atoms with Gasteiger partial charge < -0.3 is 5.32 Å². The first kappa shape index (κ1) is 12.7. The molecule has 0 radical (unpaired) electrons. The Morgan fingerprint density at radius 3 is 2.83 bits per heavy atom. The van der Waals surface area contributed by atoms with E-state index >= 15 is 0 Å². The van der Waals surface area contributed by atoms with Gasteiger partial charge in [-0.25, -0.2) is 9.37 Å². The molecule has 1 aromatic heterocycles. The van der Waals surface area contributed by atoms with Crippen LogP contribution < -0.4 is 5.32 Å². The molecule has 1 aromatic carbocycles. The maximum Gasteiger partial charge on any atom is 0.230 e. The fourth-order valence-corrected chi connectivity index (χ4v) is 2.35. The lowest BCUT2D eigenvalue weighted by molar-refractivity contribution is -0.115. The summed E-state index contributed by atoms with van der Waals surface area (Å²) in [5, 5.41) is 3.31. The standard InChI is InChI=1S/C13H13FN2OS/c1-8-9(2)18-13(15-8)16-12(17)7-10-4-3-5-11(14)6-10/h3-6H,7H2,1-2H3,(H,15,16,17). The van der Waals surface area contributed by atoms with Crippen molar-refractivity contribution in [2.24, 2.45) is 0 Å². The van der Waals surface area contributed by atoms with Crippen molar-refractivity contribution in [1.29, 1.82) is 0 Å². The van der Waals surface area contributed by atoms with Gasteiger partial charge in [0.15, 0.2) is 5.13 Å². The summed E-state index contributed by atoms with van der Waals surface area (Å²) >= 11 is 1.44. The molecule has 0 aliphatic rings. The van der Waals surface area contributed by atoms with Gasteiger partial charge in [0, 0.05) is 4.88 Å². The van der Waals surface area contributed by atoms with Gasteiger partial charge in [-0.3, -0.25) is 4.79 Å². The molecule has 0 aliphatic carbocycles. The molecule has 0 spiro atoms. The number of benzene rings is 1. The van der Waals surface area contributed by atoms with Crippen LogP contribution in [-0.2, 0) is 11.2 Å². The number of hydrogen-bond donors (Lipinski definition) is 1. The number of anilines is 1. The van der Waals surface area contributed by atoms with E-state index in [0.29, 0.717) is 10.7 Å². The number of amides is 1. The third-order valence-electron chi connectivity index (χ3n) is 2.53. The zero-order valence-electron chi connectivity index (χ0n) is 10.2. The summed E-state index contributed by atoms with van der Waals surface area (Å²) in [6.45, 7) is 3.85. The summed E-state index contributed by atoms with van der Waals surface area (Å²) in [5.74, 6) is -0.518. The number of nitrogens with one attached hydrogen (secondary N) is 1. The molecule has 94 valence electrons. The Hall–Kier alpha value is -1.75. The van der Waals surface area contributed by atoms with Gasteiger partial charge in [0.2, 0.25) is 5.91 Å². The molecule has 0 unspecified atom stereocenters. The monoisotopic (exact) mass is 264 g/mol. The Labute approximate surface area is 109 Å². The second-order valence-electron chi connectivity index (χ2n) is 4.02. The van der Waals surface area contributed by atoms with E-state index in [4.69, 9.17) is 0 Å². The summed E-state index contributed by atoms with van der Waals surface area (Å²) in [6, 6.07) is 6.03. The van der Waals surface area contributed by atoms with Crippen molar-refractivity contribution in [3.8, 4) is 0 Å². The van der Waals surface area contributed by atoms with Crippen LogP contribution in [0.5, 0.6) is 0 Å². The van der Waals surface area contributed by atoms with Crippen LogP contribution in [0.4, 0.5) is 9.52 Å². The minimum atomic E-state index is -0.332. The van der Waals surface area contributed by atoms with E-state index < -0.39 is 0 Å². The third-order valence-corrected chi connectivity index (χ3v) is 3.52. The Morgan fingerprint density at radius 2 is 2.22 bits per heavy atom. The van der Waals surface area contributed by atoms with Crippen molar-refractivity contribution in [3.63, 3.8) is 0 Å². The Kier molecular flexibility index (Phi) is 3.72. The van der Waals surface area contributed by atoms with Crippen LogP contribution in [0.2, 0.25) is 0 Å². The van der Waals surface area contributed by atoms with E-state index in [2.05, 4.69) is 10.3 Å². The zero-order chi connectivity index (χ0) is 13.1. The highest BCUT2D eigenvalue weighted by Gasteiger charge is 2.08. The number of aromatic nitrogens is 1. The van der Waals surface area contributed by atoms with Gasteiger partial charge in [0.25, 0.3) is 0 Å². The number of carbonyl (C=O) groups is 1. The molecule has 0 saturated carbocycles. The molecule has 3 nitrogen and oxygen atoms in total. The molecule has 0 atom stereocenters. The maximum atomic E-state index is 13.0. The van der Waals surface area contributed by atoms with Crippen LogP contribution in [0, 0.1) is 19.7 Å². The van der Waals surface area contributed by atoms with Crippen molar-refractivity contribution in [2.45, 2.75) is 20.3 Å². The number of carbonyl (C=O) groups excluding carboxylic acids is 1. The summed E-state index contributed by atoms with van der Waals surface area (Å²) in [5.41, 5.74) is 1.57. The van der Waals surface area contributed by atoms with Crippen LogP contribution in [0.3, 0.4) is 0 Å². The average Bonchev–Trinajstić information content (AvgIpc) is 2.57. The van der Waals surface area contributed by atoms with Gasteiger partial charge in [-0.05, 0) is 31.5 Å². The van der Waals surface area contributed by atoms with Crippen molar-refractivity contribution >= 4 is 22.4 Å². The van der Waals surface area contributed by atoms with Crippen LogP contribution >= 0.6 is 11.3 Å². The highest BCUT2D eigenvalue weighted by Crippen LogP contribution is 2.21. The van der Waals surface area contributed by atoms with Gasteiger partial charge in [-0.1, -0.05) is 12.1 Å². The van der Waals surface area contributed by atoms with Crippen molar-refractivity contribution in [3.05, 3.63) is 46.2 Å². The lowest BCUT2D eigenvalue weighted by Crippen LogP contribution is -2.14. The summed E-state index contributed by atoms with van der Waals surface area (Å²) in [4.78, 5) is 17.0. The Bertz CT molecular complexity index is 561. The predicted molar refractivity (Wildman–Crippen MR) is 70.3 cm³/mol. The van der Waals surface area contributed by atoms with E-state index in [9.17, 15) is 9.18 Å². The quantitative estimate of drug-likeness (QED) is 0.925. The second-order valence-corrected chi connectivity index (χ2v) is 5.22. The van der Waals surface area contributed by atoms with Crippen LogP contribution in [-0.4, -0.2) is 10.9 Å². The first-order chi connectivity index (χ1) is 8.54. The van der Waals surface area contributed by atoms with Crippen molar-refractivity contribution < 1.29 is 9.18 Å². The Morgan fingerprint density at radius 1 is 1.44 bits per heavy atom. The number of rotatable bonds is 3. The number of nitrogens with zero attached hydrogens (tertiary/aromatic N) is 1. The van der Waals surface area contributed by atoms with E-state index in [1.54, 1.807) is 12.1 Å². The fraction of sp³-hybridized carbons (Fsp3) is 0.231. The van der Waals surface area contributed by atoms with E-state index in [1.807, 2.05) is 13.8 Å². The average molecular weight is 264 g/mol. The molecular formula is C13H13FN2OS. The van der Waals surface area contributed by atoms with Gasteiger partial charge in [-0.15, -0.1) is 11.3 Å². The lowest BCUT2D eigenvalue weighted by atomic mass is 10.1. The van der Waals surface area contributed by atoms with Crippen molar-refractivity contribution in [2.75, 3.05) is 5.32 Å². The molecule has 18 heavy (non-hydrogen) atoms. The smallest absolute Gasteiger partial charge is 0.230 e. The van der Waals surface area contributed by atoms with Crippen LogP contribution in [0.25, 0.3) is 0 Å². The maximum absolute atomic E-state index is 13.0. The lowest BCUT2D eigenvalue weighted by Gasteiger charge is -2.02. The van der Waals surface area contributed by atoms with Crippen LogP contribution in [0.1, 0.15) is 16.1 Å². The van der Waals surface area contributed by atoms with Crippen LogP contribution in [0.15, 0.2) is 24.3 Å². The SMILES string of the molecule is Cc1nc(NC(=O)Cc2cccc(F)c2)sc1C. The normalized spacial score (nSPS) is 10.4. The predicted octanol–water partition coefficient (Wildman–Crippen LogP) is 3.08. The summed E-state index contributed by atoms with van der Waals surface area (Å²) in [7, 11) is 0. The van der Waals surface area contributed by atoms with E-state index in [-0.39, 0.29) is 18.1 Å². The number of thiazole rings is 1. The van der Waals surface area contributed by atoms with Gasteiger partial charge in [-0.2, -0.15) is 0 Å². The highest BCUT2D eigenvalue weighted by atomic mass is 32.1. The molecule has 1 heterocycles. The van der Waals surface area contributed by atoms with Gasteiger partial charge in [0.1, 0.15) is 5.82 Å². The molecule has 2 aromatic rings. The summed E-state index contributed by atoms with van der Waals surface area (Å²) < 4.78 is 13.0. The fourth-order valence-electron chi connectivity index (χ4n) is 1.52. The minimum Gasteiger partial charge on any atom is -0.302 e. The van der Waals surface area contributed by atoms with Gasteiger partial charge >= 0.3 is 0 Å². The number of halogens is 1. The molecule has 1 amide bonds. The molecule has 2 rings (SSSR count). The molecule has 0 saturated heterocycles. The first-order valence-corrected chi connectivity index (χ1v) is 6.34. The van der Waals surface area contributed by atoms with E-state index in [0.717, 1.165) is 10.6 Å². The van der Waals surface area contributed by atoms with Crippen molar-refractivity contribution in [1.82, 2.24) is 4.98 Å².